The first kappa shape index (κ1) is 21.6. The molecule has 0 spiro atoms. The lowest BCUT2D eigenvalue weighted by atomic mass is 10.2. The summed E-state index contributed by atoms with van der Waals surface area (Å²) in [5.41, 5.74) is 0.294. The van der Waals surface area contributed by atoms with Crippen LogP contribution in [0, 0.1) is 0 Å². The number of piperazine rings is 1. The minimum atomic E-state index is -3.77. The molecule has 0 aliphatic carbocycles. The van der Waals surface area contributed by atoms with Gasteiger partial charge in [-0.25, -0.2) is 13.1 Å². The molecule has 0 atom stereocenters. The summed E-state index contributed by atoms with van der Waals surface area (Å²) in [5, 5.41) is 6.17. The maximum absolute atomic E-state index is 12.5. The Morgan fingerprint density at radius 1 is 1.30 bits per heavy atom. The number of hydrogen-bond donors (Lipinski definition) is 3. The fraction of sp³-hybridized carbons (Fsp3) is 0.611. The highest BCUT2D eigenvalue weighted by atomic mass is 32.2. The van der Waals surface area contributed by atoms with Gasteiger partial charge < -0.3 is 20.3 Å². The number of carbonyl (C=O) groups excluding carboxylic acids is 1. The molecule has 152 valence electrons. The first-order valence-corrected chi connectivity index (χ1v) is 10.7. The highest BCUT2D eigenvalue weighted by Gasteiger charge is 2.22. The monoisotopic (exact) mass is 398 g/mol. The fourth-order valence-corrected chi connectivity index (χ4v) is 4.39. The lowest BCUT2D eigenvalue weighted by molar-refractivity contribution is 0.0951. The van der Waals surface area contributed by atoms with E-state index < -0.39 is 10.0 Å². The van der Waals surface area contributed by atoms with E-state index in [4.69, 9.17) is 4.74 Å². The smallest absolute Gasteiger partial charge is 0.251 e. The fourth-order valence-electron chi connectivity index (χ4n) is 2.94. The summed E-state index contributed by atoms with van der Waals surface area (Å²) < 4.78 is 32.7. The van der Waals surface area contributed by atoms with Crippen LogP contribution < -0.4 is 20.1 Å². The van der Waals surface area contributed by atoms with Gasteiger partial charge in [0.2, 0.25) is 10.0 Å². The third-order valence-electron chi connectivity index (χ3n) is 4.25. The predicted molar refractivity (Wildman–Crippen MR) is 105 cm³/mol. The average molecular weight is 399 g/mol. The second-order valence-electron chi connectivity index (χ2n) is 6.84. The molecule has 0 aromatic heterocycles. The molecular formula is C18H30N4O4S. The van der Waals surface area contributed by atoms with Crippen LogP contribution in [0.5, 0.6) is 5.75 Å². The maximum atomic E-state index is 12.5. The number of sulfonamides is 1. The SMILES string of the molecule is COc1ccc(C(=O)NCCCN2CCNCC2)cc1S(=O)(=O)NC(C)C. The zero-order valence-electron chi connectivity index (χ0n) is 16.2. The lowest BCUT2D eigenvalue weighted by Gasteiger charge is -2.27. The molecule has 27 heavy (non-hydrogen) atoms. The number of nitrogens with zero attached hydrogens (tertiary/aromatic N) is 1. The Morgan fingerprint density at radius 2 is 2.00 bits per heavy atom. The van der Waals surface area contributed by atoms with Crippen molar-refractivity contribution in [3.05, 3.63) is 23.8 Å². The van der Waals surface area contributed by atoms with Crippen LogP contribution in [-0.4, -0.2) is 71.6 Å². The number of amides is 1. The maximum Gasteiger partial charge on any atom is 0.251 e. The number of ether oxygens (including phenoxy) is 1. The van der Waals surface area contributed by atoms with Crippen molar-refractivity contribution in [2.75, 3.05) is 46.4 Å². The predicted octanol–water partition coefficient (Wildman–Crippen LogP) is 0.407. The molecule has 2 rings (SSSR count). The first-order valence-electron chi connectivity index (χ1n) is 9.25. The van der Waals surface area contributed by atoms with E-state index in [0.29, 0.717) is 12.1 Å². The summed E-state index contributed by atoms with van der Waals surface area (Å²) in [6, 6.07) is 4.17. The van der Waals surface area contributed by atoms with Gasteiger partial charge in [-0.3, -0.25) is 4.79 Å². The molecule has 1 fully saturated rings. The van der Waals surface area contributed by atoms with E-state index in [0.717, 1.165) is 39.1 Å². The lowest BCUT2D eigenvalue weighted by Crippen LogP contribution is -2.44. The van der Waals surface area contributed by atoms with Gasteiger partial charge in [0.05, 0.1) is 7.11 Å². The molecule has 8 nitrogen and oxygen atoms in total. The van der Waals surface area contributed by atoms with Crippen LogP contribution in [0.1, 0.15) is 30.6 Å². The second kappa shape index (κ2) is 10.0. The Labute approximate surface area is 161 Å². The van der Waals surface area contributed by atoms with Crippen molar-refractivity contribution in [2.24, 2.45) is 0 Å². The first-order chi connectivity index (χ1) is 12.8. The number of benzene rings is 1. The van der Waals surface area contributed by atoms with Crippen LogP contribution in [0.3, 0.4) is 0 Å². The van der Waals surface area contributed by atoms with Gasteiger partial charge in [-0.05, 0) is 45.0 Å². The molecule has 1 aromatic rings. The number of methoxy groups -OCH3 is 1. The third-order valence-corrected chi connectivity index (χ3v) is 5.93. The van der Waals surface area contributed by atoms with Crippen molar-refractivity contribution < 1.29 is 17.9 Å². The molecule has 1 aliphatic rings. The molecule has 0 bridgehead atoms. The number of nitrogens with one attached hydrogen (secondary N) is 3. The normalized spacial score (nSPS) is 15.7. The third kappa shape index (κ3) is 6.46. The van der Waals surface area contributed by atoms with E-state index in [1.807, 2.05) is 0 Å². The summed E-state index contributed by atoms with van der Waals surface area (Å²) in [7, 11) is -2.36. The van der Waals surface area contributed by atoms with Gasteiger partial charge in [-0.2, -0.15) is 0 Å². The van der Waals surface area contributed by atoms with Crippen molar-refractivity contribution in [3.63, 3.8) is 0 Å². The van der Waals surface area contributed by atoms with E-state index in [-0.39, 0.29) is 22.6 Å². The Morgan fingerprint density at radius 3 is 2.63 bits per heavy atom. The topological polar surface area (TPSA) is 99.8 Å². The van der Waals surface area contributed by atoms with E-state index in [1.165, 1.54) is 19.2 Å². The van der Waals surface area contributed by atoms with Gasteiger partial charge in [0.1, 0.15) is 10.6 Å². The Hall–Kier alpha value is -1.68. The summed E-state index contributed by atoms with van der Waals surface area (Å²) in [4.78, 5) is 14.7. The van der Waals surface area contributed by atoms with Crippen LogP contribution in [0.4, 0.5) is 0 Å². The molecular weight excluding hydrogens is 368 g/mol. The zero-order chi connectivity index (χ0) is 19.9. The van der Waals surface area contributed by atoms with Crippen molar-refractivity contribution in [1.29, 1.82) is 0 Å². The van der Waals surface area contributed by atoms with E-state index in [9.17, 15) is 13.2 Å². The van der Waals surface area contributed by atoms with Gasteiger partial charge in [0.25, 0.3) is 5.91 Å². The van der Waals surface area contributed by atoms with E-state index >= 15 is 0 Å². The van der Waals surface area contributed by atoms with Crippen LogP contribution in [0.15, 0.2) is 23.1 Å². The van der Waals surface area contributed by atoms with Crippen LogP contribution in [-0.2, 0) is 10.0 Å². The number of hydrogen-bond acceptors (Lipinski definition) is 6. The Kier molecular flexibility index (Phi) is 8.03. The van der Waals surface area contributed by atoms with Crippen molar-refractivity contribution in [1.82, 2.24) is 20.3 Å². The van der Waals surface area contributed by atoms with E-state index in [2.05, 4.69) is 20.3 Å². The second-order valence-corrected chi connectivity index (χ2v) is 8.53. The summed E-state index contributed by atoms with van der Waals surface area (Å²) in [5.74, 6) is -0.0858. The summed E-state index contributed by atoms with van der Waals surface area (Å²) in [6.45, 7) is 8.99. The zero-order valence-corrected chi connectivity index (χ0v) is 17.1. The minimum absolute atomic E-state index is 0.0350. The molecule has 1 saturated heterocycles. The van der Waals surface area contributed by atoms with Crippen LogP contribution in [0.2, 0.25) is 0 Å². The highest BCUT2D eigenvalue weighted by molar-refractivity contribution is 7.89. The largest absolute Gasteiger partial charge is 0.495 e. The summed E-state index contributed by atoms with van der Waals surface area (Å²) in [6.07, 6.45) is 0.849. The van der Waals surface area contributed by atoms with Crippen LogP contribution >= 0.6 is 0 Å². The standard InChI is InChI=1S/C18H30N4O4S/c1-14(2)21-27(24,25)17-13-15(5-6-16(17)26-3)18(23)20-7-4-10-22-11-8-19-9-12-22/h5-6,13-14,19,21H,4,7-12H2,1-3H3,(H,20,23). The van der Waals surface area contributed by atoms with Crippen LogP contribution in [0.25, 0.3) is 0 Å². The molecule has 1 aromatic carbocycles. The van der Waals surface area contributed by atoms with E-state index in [1.54, 1.807) is 19.9 Å². The average Bonchev–Trinajstić information content (AvgIpc) is 2.64. The van der Waals surface area contributed by atoms with Gasteiger partial charge in [-0.15, -0.1) is 0 Å². The number of carbonyl (C=O) groups is 1. The Balaban J connectivity index is 1.98. The molecule has 1 aliphatic heterocycles. The molecule has 1 heterocycles. The van der Waals surface area contributed by atoms with Gasteiger partial charge in [-0.1, -0.05) is 0 Å². The van der Waals surface area contributed by atoms with Crippen molar-refractivity contribution in [2.45, 2.75) is 31.2 Å². The molecule has 9 heteroatoms. The molecule has 0 saturated carbocycles. The molecule has 0 unspecified atom stereocenters. The minimum Gasteiger partial charge on any atom is -0.495 e. The molecule has 0 radical (unpaired) electrons. The van der Waals surface area contributed by atoms with Gasteiger partial charge in [0.15, 0.2) is 0 Å². The molecule has 1 amide bonds. The molecule has 3 N–H and O–H groups in total. The quantitative estimate of drug-likeness (QED) is 0.521. The Bertz CT molecular complexity index is 731. The van der Waals surface area contributed by atoms with Gasteiger partial charge in [0, 0.05) is 44.3 Å². The van der Waals surface area contributed by atoms with Crippen molar-refractivity contribution >= 4 is 15.9 Å². The van der Waals surface area contributed by atoms with Gasteiger partial charge >= 0.3 is 0 Å². The highest BCUT2D eigenvalue weighted by Crippen LogP contribution is 2.25. The summed E-state index contributed by atoms with van der Waals surface area (Å²) >= 11 is 0. The number of rotatable bonds is 9. The van der Waals surface area contributed by atoms with Crippen molar-refractivity contribution in [3.8, 4) is 5.75 Å².